The SMILES string of the molecule is CC1=C(N)Nc2cc(C(N)C(=O)OC(C)(C)C(C)c3ccsc3)ccc2O1. The number of hydrogen-bond donors (Lipinski definition) is 3. The van der Waals surface area contributed by atoms with Crippen molar-refractivity contribution >= 4 is 23.0 Å². The molecule has 27 heavy (non-hydrogen) atoms. The van der Waals surface area contributed by atoms with E-state index in [2.05, 4.69) is 10.7 Å². The maximum Gasteiger partial charge on any atom is 0.328 e. The highest BCUT2D eigenvalue weighted by Crippen LogP contribution is 2.35. The second-order valence-corrected chi connectivity index (χ2v) is 8.01. The van der Waals surface area contributed by atoms with Crippen molar-refractivity contribution < 1.29 is 14.3 Å². The number of fused-ring (bicyclic) bond motifs is 1. The molecule has 1 aromatic carbocycles. The first-order valence-corrected chi connectivity index (χ1v) is 9.69. The molecule has 7 heteroatoms. The zero-order valence-corrected chi connectivity index (χ0v) is 16.7. The van der Waals surface area contributed by atoms with E-state index in [1.54, 1.807) is 36.5 Å². The lowest BCUT2D eigenvalue weighted by Gasteiger charge is -2.32. The average molecular weight is 388 g/mol. The van der Waals surface area contributed by atoms with Crippen LogP contribution in [0.1, 0.15) is 50.8 Å². The summed E-state index contributed by atoms with van der Waals surface area (Å²) in [5.41, 5.74) is 13.8. The van der Waals surface area contributed by atoms with E-state index in [-0.39, 0.29) is 5.92 Å². The number of anilines is 1. The molecule has 1 aliphatic heterocycles. The van der Waals surface area contributed by atoms with Gasteiger partial charge in [0, 0.05) is 5.92 Å². The number of hydrogen-bond acceptors (Lipinski definition) is 7. The molecule has 0 bridgehead atoms. The third-order valence-electron chi connectivity index (χ3n) is 4.98. The molecular formula is C20H25N3O3S. The van der Waals surface area contributed by atoms with Gasteiger partial charge in [-0.2, -0.15) is 11.3 Å². The molecule has 2 aromatic rings. The first-order valence-electron chi connectivity index (χ1n) is 8.74. The summed E-state index contributed by atoms with van der Waals surface area (Å²) in [5.74, 6) is 1.24. The molecule has 2 atom stereocenters. The van der Waals surface area contributed by atoms with Gasteiger partial charge in [-0.05, 0) is 60.9 Å². The highest BCUT2D eigenvalue weighted by Gasteiger charge is 2.34. The van der Waals surface area contributed by atoms with E-state index in [4.69, 9.17) is 20.9 Å². The Bertz CT molecular complexity index is 875. The molecule has 6 nitrogen and oxygen atoms in total. The normalized spacial score (nSPS) is 16.0. The summed E-state index contributed by atoms with van der Waals surface area (Å²) in [4.78, 5) is 12.7. The van der Waals surface area contributed by atoms with Gasteiger partial charge in [0.15, 0.2) is 5.75 Å². The number of ether oxygens (including phenoxy) is 2. The number of carbonyl (C=O) groups excluding carboxylic acids is 1. The van der Waals surface area contributed by atoms with E-state index in [0.29, 0.717) is 28.6 Å². The minimum Gasteiger partial charge on any atom is -0.458 e. The number of thiophene rings is 1. The van der Waals surface area contributed by atoms with Crippen molar-refractivity contribution in [2.75, 3.05) is 5.32 Å². The van der Waals surface area contributed by atoms with Gasteiger partial charge in [0.25, 0.3) is 0 Å². The third-order valence-corrected chi connectivity index (χ3v) is 5.68. The van der Waals surface area contributed by atoms with E-state index < -0.39 is 17.6 Å². The summed E-state index contributed by atoms with van der Waals surface area (Å²) in [6.07, 6.45) is 0. The summed E-state index contributed by atoms with van der Waals surface area (Å²) >= 11 is 1.62. The van der Waals surface area contributed by atoms with Crippen LogP contribution in [0.3, 0.4) is 0 Å². The second-order valence-electron chi connectivity index (χ2n) is 7.23. The lowest BCUT2D eigenvalue weighted by molar-refractivity contribution is -0.160. The standard InChI is InChI=1S/C20H25N3O3S/c1-11(14-7-8-27-10-14)20(3,4)26-19(24)17(21)13-5-6-16-15(9-13)23-18(22)12(2)25-16/h5-11,17,23H,21-22H2,1-4H3. The minimum absolute atomic E-state index is 0.0476. The Kier molecular flexibility index (Phi) is 5.17. The van der Waals surface area contributed by atoms with Crippen LogP contribution in [0.2, 0.25) is 0 Å². The van der Waals surface area contributed by atoms with E-state index in [0.717, 1.165) is 5.56 Å². The molecule has 144 valence electrons. The number of rotatable bonds is 5. The molecule has 0 fully saturated rings. The Morgan fingerprint density at radius 3 is 2.70 bits per heavy atom. The second kappa shape index (κ2) is 7.25. The van der Waals surface area contributed by atoms with E-state index in [1.807, 2.05) is 32.2 Å². The molecule has 5 N–H and O–H groups in total. The molecule has 1 aromatic heterocycles. The van der Waals surface area contributed by atoms with Crippen LogP contribution in [-0.2, 0) is 9.53 Å². The highest BCUT2D eigenvalue weighted by molar-refractivity contribution is 7.08. The van der Waals surface area contributed by atoms with Crippen molar-refractivity contribution in [1.82, 2.24) is 0 Å². The number of nitrogens with one attached hydrogen (secondary N) is 1. The quantitative estimate of drug-likeness (QED) is 0.675. The van der Waals surface area contributed by atoms with Crippen LogP contribution >= 0.6 is 11.3 Å². The molecular weight excluding hydrogens is 362 g/mol. The van der Waals surface area contributed by atoms with Crippen molar-refractivity contribution in [3.8, 4) is 5.75 Å². The Morgan fingerprint density at radius 1 is 1.30 bits per heavy atom. The zero-order chi connectivity index (χ0) is 19.8. The molecule has 0 radical (unpaired) electrons. The minimum atomic E-state index is -0.903. The van der Waals surface area contributed by atoms with Crippen LogP contribution in [0, 0.1) is 0 Å². The number of benzene rings is 1. The van der Waals surface area contributed by atoms with Crippen LogP contribution in [0.15, 0.2) is 46.6 Å². The fraction of sp³-hybridized carbons (Fsp3) is 0.350. The van der Waals surface area contributed by atoms with Gasteiger partial charge in [0.2, 0.25) is 0 Å². The maximum absolute atomic E-state index is 12.7. The summed E-state index contributed by atoms with van der Waals surface area (Å²) in [7, 11) is 0. The summed E-state index contributed by atoms with van der Waals surface area (Å²) in [6, 6.07) is 6.42. The average Bonchev–Trinajstić information content (AvgIpc) is 3.15. The Hall–Kier alpha value is -2.51. The van der Waals surface area contributed by atoms with E-state index in [9.17, 15) is 4.79 Å². The van der Waals surface area contributed by atoms with Gasteiger partial charge >= 0.3 is 5.97 Å². The molecule has 2 heterocycles. The monoisotopic (exact) mass is 387 g/mol. The molecule has 0 saturated heterocycles. The van der Waals surface area contributed by atoms with Crippen LogP contribution in [-0.4, -0.2) is 11.6 Å². The fourth-order valence-electron chi connectivity index (χ4n) is 2.85. The van der Waals surface area contributed by atoms with Crippen LogP contribution in [0.25, 0.3) is 0 Å². The molecule has 0 saturated carbocycles. The smallest absolute Gasteiger partial charge is 0.328 e. The molecule has 0 spiro atoms. The van der Waals surface area contributed by atoms with Gasteiger partial charge in [0.1, 0.15) is 23.2 Å². The summed E-state index contributed by atoms with van der Waals surface area (Å²) in [6.45, 7) is 7.62. The predicted molar refractivity (Wildman–Crippen MR) is 107 cm³/mol. The molecule has 0 aliphatic carbocycles. The maximum atomic E-state index is 12.7. The zero-order valence-electron chi connectivity index (χ0n) is 15.9. The van der Waals surface area contributed by atoms with Crippen LogP contribution < -0.4 is 21.5 Å². The number of allylic oxidation sites excluding steroid dienone is 1. The highest BCUT2D eigenvalue weighted by atomic mass is 32.1. The van der Waals surface area contributed by atoms with Gasteiger partial charge in [-0.15, -0.1) is 0 Å². The molecule has 0 amide bonds. The number of carbonyl (C=O) groups is 1. The van der Waals surface area contributed by atoms with Crippen molar-refractivity contribution in [1.29, 1.82) is 0 Å². The Balaban J connectivity index is 1.74. The van der Waals surface area contributed by atoms with Crippen LogP contribution in [0.5, 0.6) is 5.75 Å². The first-order chi connectivity index (χ1) is 12.7. The third kappa shape index (κ3) is 3.94. The lowest BCUT2D eigenvalue weighted by atomic mass is 9.87. The van der Waals surface area contributed by atoms with Gasteiger partial charge in [0.05, 0.1) is 5.69 Å². The van der Waals surface area contributed by atoms with Crippen molar-refractivity contribution in [3.63, 3.8) is 0 Å². The number of nitrogens with two attached hydrogens (primary N) is 2. The van der Waals surface area contributed by atoms with Crippen molar-refractivity contribution in [2.45, 2.75) is 45.3 Å². The van der Waals surface area contributed by atoms with Gasteiger partial charge in [-0.3, -0.25) is 0 Å². The molecule has 2 unspecified atom stereocenters. The number of esters is 1. The van der Waals surface area contributed by atoms with Gasteiger partial charge in [-0.1, -0.05) is 13.0 Å². The van der Waals surface area contributed by atoms with Crippen molar-refractivity contribution in [3.05, 3.63) is 57.7 Å². The predicted octanol–water partition coefficient (Wildman–Crippen LogP) is 3.83. The van der Waals surface area contributed by atoms with Crippen molar-refractivity contribution in [2.24, 2.45) is 11.5 Å². The van der Waals surface area contributed by atoms with E-state index in [1.165, 1.54) is 0 Å². The summed E-state index contributed by atoms with van der Waals surface area (Å²) in [5, 5.41) is 7.13. The molecule has 1 aliphatic rings. The van der Waals surface area contributed by atoms with Gasteiger partial charge in [-0.25, -0.2) is 4.79 Å². The fourth-order valence-corrected chi connectivity index (χ4v) is 3.60. The first kappa shape index (κ1) is 19.3. The largest absolute Gasteiger partial charge is 0.458 e. The van der Waals surface area contributed by atoms with Crippen LogP contribution in [0.4, 0.5) is 5.69 Å². The van der Waals surface area contributed by atoms with Gasteiger partial charge < -0.3 is 26.3 Å². The Labute approximate surface area is 163 Å². The Morgan fingerprint density at radius 2 is 2.04 bits per heavy atom. The molecule has 3 rings (SSSR count). The lowest BCUT2D eigenvalue weighted by Crippen LogP contribution is -2.37. The van der Waals surface area contributed by atoms with E-state index >= 15 is 0 Å². The summed E-state index contributed by atoms with van der Waals surface area (Å²) < 4.78 is 11.4. The topological polar surface area (TPSA) is 99.6 Å².